The Labute approximate surface area is 139 Å². The number of benzene rings is 1. The van der Waals surface area contributed by atoms with Crippen LogP contribution in [0.15, 0.2) is 30.5 Å². The average Bonchev–Trinajstić information content (AvgIpc) is 3.04. The quantitative estimate of drug-likeness (QED) is 0.852. The van der Waals surface area contributed by atoms with Gasteiger partial charge in [0.25, 0.3) is 0 Å². The highest BCUT2D eigenvalue weighted by atomic mass is 16.5. The second-order valence-electron chi connectivity index (χ2n) is 6.83. The fourth-order valence-electron chi connectivity index (χ4n) is 3.69. The van der Waals surface area contributed by atoms with Crippen molar-refractivity contribution in [3.8, 4) is 0 Å². The number of fused-ring (bicyclic) bond motifs is 1. The van der Waals surface area contributed by atoms with E-state index in [0.29, 0.717) is 0 Å². The van der Waals surface area contributed by atoms with E-state index in [1.165, 1.54) is 48.9 Å². The van der Waals surface area contributed by atoms with Gasteiger partial charge in [0.2, 0.25) is 0 Å². The smallest absolute Gasteiger partial charge is 0.0589 e. The van der Waals surface area contributed by atoms with E-state index in [9.17, 15) is 0 Å². The molecule has 2 heterocycles. The first kappa shape index (κ1) is 16.5. The van der Waals surface area contributed by atoms with Gasteiger partial charge in [-0.2, -0.15) is 0 Å². The largest absolute Gasteiger partial charge is 0.383 e. The first-order chi connectivity index (χ1) is 11.3. The summed E-state index contributed by atoms with van der Waals surface area (Å²) in [6, 6.07) is 8.72. The maximum Gasteiger partial charge on any atom is 0.0589 e. The minimum Gasteiger partial charge on any atom is -0.383 e. The number of para-hydroxylation sites is 1. The molecule has 1 aliphatic rings. The third-order valence-corrected chi connectivity index (χ3v) is 5.00. The molecule has 3 rings (SSSR count). The van der Waals surface area contributed by atoms with Crippen LogP contribution in [0.2, 0.25) is 0 Å². The fraction of sp³-hybridized carbons (Fsp3) is 0.579. The maximum absolute atomic E-state index is 5.18. The lowest BCUT2D eigenvalue weighted by atomic mass is 9.96. The van der Waals surface area contributed by atoms with Crippen molar-refractivity contribution in [1.82, 2.24) is 14.8 Å². The molecule has 0 unspecified atom stereocenters. The lowest BCUT2D eigenvalue weighted by Gasteiger charge is -2.33. The Balaban J connectivity index is 1.48. The zero-order valence-electron chi connectivity index (χ0n) is 14.4. The lowest BCUT2D eigenvalue weighted by Crippen LogP contribution is -2.39. The van der Waals surface area contributed by atoms with E-state index < -0.39 is 0 Å². The minimum absolute atomic E-state index is 0.821. The van der Waals surface area contributed by atoms with Crippen LogP contribution in [0, 0.1) is 5.92 Å². The van der Waals surface area contributed by atoms with Gasteiger partial charge in [-0.15, -0.1) is 0 Å². The van der Waals surface area contributed by atoms with Crippen molar-refractivity contribution in [3.63, 3.8) is 0 Å². The van der Waals surface area contributed by atoms with Crippen LogP contribution in [0.4, 0.5) is 0 Å². The zero-order valence-corrected chi connectivity index (χ0v) is 14.4. The number of H-pyrrole nitrogens is 1. The van der Waals surface area contributed by atoms with E-state index in [1.54, 1.807) is 7.11 Å². The minimum atomic E-state index is 0.821. The standard InChI is InChI=1S/C19H29N3O/c1-21(14-16-7-10-22(11-8-16)12-13-23-2)15-18-5-3-4-17-6-9-20-19(17)18/h3-6,9,16,20H,7-8,10-15H2,1-2H3. The monoisotopic (exact) mass is 315 g/mol. The van der Waals surface area contributed by atoms with Crippen LogP contribution in [0.3, 0.4) is 0 Å². The van der Waals surface area contributed by atoms with Gasteiger partial charge in [0.15, 0.2) is 0 Å². The summed E-state index contributed by atoms with van der Waals surface area (Å²) in [7, 11) is 4.03. The molecule has 1 N–H and O–H groups in total. The van der Waals surface area contributed by atoms with Gasteiger partial charge in [-0.3, -0.25) is 0 Å². The average molecular weight is 315 g/mol. The summed E-state index contributed by atoms with van der Waals surface area (Å²) in [5.41, 5.74) is 2.68. The molecular weight excluding hydrogens is 286 g/mol. The van der Waals surface area contributed by atoms with Crippen molar-refractivity contribution in [3.05, 3.63) is 36.0 Å². The lowest BCUT2D eigenvalue weighted by molar-refractivity contribution is 0.110. The van der Waals surface area contributed by atoms with Crippen LogP contribution in [0.25, 0.3) is 10.9 Å². The van der Waals surface area contributed by atoms with Crippen molar-refractivity contribution in [2.75, 3.05) is 46.9 Å². The number of methoxy groups -OCH3 is 1. The highest BCUT2D eigenvalue weighted by Crippen LogP contribution is 2.21. The molecule has 1 aromatic carbocycles. The van der Waals surface area contributed by atoms with Crippen LogP contribution in [-0.4, -0.2) is 61.7 Å². The Morgan fingerprint density at radius 3 is 2.87 bits per heavy atom. The molecule has 4 nitrogen and oxygen atoms in total. The van der Waals surface area contributed by atoms with E-state index in [1.807, 2.05) is 6.20 Å². The topological polar surface area (TPSA) is 31.5 Å². The Kier molecular flexibility index (Phi) is 5.70. The fourth-order valence-corrected chi connectivity index (χ4v) is 3.69. The summed E-state index contributed by atoms with van der Waals surface area (Å²) in [5, 5.41) is 1.31. The number of ether oxygens (including phenoxy) is 1. The number of rotatable bonds is 7. The first-order valence-corrected chi connectivity index (χ1v) is 8.71. The molecule has 0 atom stereocenters. The predicted molar refractivity (Wildman–Crippen MR) is 95.7 cm³/mol. The molecular formula is C19H29N3O. The summed E-state index contributed by atoms with van der Waals surface area (Å²) in [4.78, 5) is 8.38. The summed E-state index contributed by atoms with van der Waals surface area (Å²) in [6.45, 7) is 6.57. The summed E-state index contributed by atoms with van der Waals surface area (Å²) >= 11 is 0. The van der Waals surface area contributed by atoms with Crippen LogP contribution in [0.1, 0.15) is 18.4 Å². The first-order valence-electron chi connectivity index (χ1n) is 8.71. The Morgan fingerprint density at radius 1 is 1.26 bits per heavy atom. The normalized spacial score (nSPS) is 17.3. The molecule has 0 aliphatic carbocycles. The Hall–Kier alpha value is -1.36. The summed E-state index contributed by atoms with van der Waals surface area (Å²) in [6.07, 6.45) is 4.64. The number of aromatic nitrogens is 1. The van der Waals surface area contributed by atoms with Crippen molar-refractivity contribution < 1.29 is 4.74 Å². The highest BCUT2D eigenvalue weighted by Gasteiger charge is 2.20. The van der Waals surface area contributed by atoms with Crippen LogP contribution in [0.5, 0.6) is 0 Å². The molecule has 23 heavy (non-hydrogen) atoms. The second-order valence-corrected chi connectivity index (χ2v) is 6.83. The molecule has 2 aromatic rings. The molecule has 1 aromatic heterocycles. The van der Waals surface area contributed by atoms with Crippen LogP contribution < -0.4 is 0 Å². The van der Waals surface area contributed by atoms with Gasteiger partial charge in [-0.25, -0.2) is 0 Å². The van der Waals surface area contributed by atoms with Crippen molar-refractivity contribution >= 4 is 10.9 Å². The molecule has 126 valence electrons. The van der Waals surface area contributed by atoms with E-state index in [-0.39, 0.29) is 0 Å². The third-order valence-electron chi connectivity index (χ3n) is 5.00. The van der Waals surface area contributed by atoms with Gasteiger partial charge >= 0.3 is 0 Å². The van der Waals surface area contributed by atoms with E-state index in [0.717, 1.165) is 25.6 Å². The summed E-state index contributed by atoms with van der Waals surface area (Å²) in [5.74, 6) is 0.821. The van der Waals surface area contributed by atoms with Gasteiger partial charge in [0.05, 0.1) is 6.61 Å². The molecule has 0 amide bonds. The molecule has 1 fully saturated rings. The Morgan fingerprint density at radius 2 is 2.09 bits per heavy atom. The number of piperidine rings is 1. The molecule has 0 bridgehead atoms. The number of nitrogens with zero attached hydrogens (tertiary/aromatic N) is 2. The van der Waals surface area contributed by atoms with Gasteiger partial charge in [-0.05, 0) is 55.9 Å². The van der Waals surface area contributed by atoms with E-state index in [4.69, 9.17) is 4.74 Å². The van der Waals surface area contributed by atoms with Crippen LogP contribution >= 0.6 is 0 Å². The number of likely N-dealkylation sites (tertiary alicyclic amines) is 1. The SMILES string of the molecule is COCCN1CCC(CN(C)Cc2cccc3cc[nH]c23)CC1. The van der Waals surface area contributed by atoms with Crippen LogP contribution in [-0.2, 0) is 11.3 Å². The molecule has 1 saturated heterocycles. The third kappa shape index (κ3) is 4.34. The second kappa shape index (κ2) is 7.95. The Bertz CT molecular complexity index is 601. The predicted octanol–water partition coefficient (Wildman–Crippen LogP) is 2.96. The zero-order chi connectivity index (χ0) is 16.1. The molecule has 4 heteroatoms. The number of nitrogens with one attached hydrogen (secondary N) is 1. The van der Waals surface area contributed by atoms with Gasteiger partial charge < -0.3 is 19.5 Å². The van der Waals surface area contributed by atoms with Crippen molar-refractivity contribution in [1.29, 1.82) is 0 Å². The summed E-state index contributed by atoms with van der Waals surface area (Å²) < 4.78 is 5.18. The van der Waals surface area contributed by atoms with Gasteiger partial charge in [0, 0.05) is 38.5 Å². The van der Waals surface area contributed by atoms with Gasteiger partial charge in [-0.1, -0.05) is 18.2 Å². The van der Waals surface area contributed by atoms with E-state index >= 15 is 0 Å². The van der Waals surface area contributed by atoms with Crippen molar-refractivity contribution in [2.24, 2.45) is 5.92 Å². The molecule has 0 saturated carbocycles. The number of hydrogen-bond donors (Lipinski definition) is 1. The van der Waals surface area contributed by atoms with E-state index in [2.05, 4.69) is 46.1 Å². The molecule has 0 radical (unpaired) electrons. The number of aromatic amines is 1. The van der Waals surface area contributed by atoms with Crippen molar-refractivity contribution in [2.45, 2.75) is 19.4 Å². The van der Waals surface area contributed by atoms with Gasteiger partial charge in [0.1, 0.15) is 0 Å². The highest BCUT2D eigenvalue weighted by molar-refractivity contribution is 5.82. The number of hydrogen-bond acceptors (Lipinski definition) is 3. The maximum atomic E-state index is 5.18. The molecule has 1 aliphatic heterocycles. The molecule has 0 spiro atoms.